The van der Waals surface area contributed by atoms with E-state index in [0.29, 0.717) is 5.02 Å². The second-order valence-electron chi connectivity index (χ2n) is 4.58. The van der Waals surface area contributed by atoms with Crippen LogP contribution in [0.4, 0.5) is 0 Å². The van der Waals surface area contributed by atoms with Gasteiger partial charge in [-0.05, 0) is 29.3 Å². The average Bonchev–Trinajstić information content (AvgIpc) is 2.89. The Kier molecular flexibility index (Phi) is 3.14. The second kappa shape index (κ2) is 4.94. The van der Waals surface area contributed by atoms with Crippen molar-refractivity contribution < 1.29 is 5.11 Å². The maximum atomic E-state index is 9.95. The average molecular weight is 269 g/mol. The molecule has 0 amide bonds. The molecule has 2 heteroatoms. The van der Waals surface area contributed by atoms with Gasteiger partial charge in [-0.3, -0.25) is 0 Å². The Bertz CT molecular complexity index is 656. The van der Waals surface area contributed by atoms with Gasteiger partial charge in [0.1, 0.15) is 5.75 Å². The molecular weight excluding hydrogens is 256 g/mol. The van der Waals surface area contributed by atoms with Gasteiger partial charge in [-0.15, -0.1) is 0 Å². The highest BCUT2D eigenvalue weighted by Gasteiger charge is 2.14. The summed E-state index contributed by atoms with van der Waals surface area (Å²) >= 11 is 5.85. The lowest BCUT2D eigenvalue weighted by Crippen LogP contribution is -1.87. The Morgan fingerprint density at radius 2 is 1.79 bits per heavy atom. The van der Waals surface area contributed by atoms with E-state index in [1.807, 2.05) is 30.3 Å². The van der Waals surface area contributed by atoms with Gasteiger partial charge < -0.3 is 5.11 Å². The van der Waals surface area contributed by atoms with E-state index in [2.05, 4.69) is 24.3 Å². The van der Waals surface area contributed by atoms with Crippen LogP contribution in [0.1, 0.15) is 17.0 Å². The molecule has 0 spiro atoms. The summed E-state index contributed by atoms with van der Waals surface area (Å²) in [5.74, 6) is 0.489. The number of rotatable bonds is 2. The van der Waals surface area contributed by atoms with E-state index in [1.165, 1.54) is 5.56 Å². The minimum atomic E-state index is 0.220. The maximum Gasteiger partial charge on any atom is 0.124 e. The van der Waals surface area contributed by atoms with Crippen LogP contribution in [0.2, 0.25) is 5.02 Å². The van der Waals surface area contributed by atoms with Crippen LogP contribution in [0.5, 0.6) is 5.75 Å². The Morgan fingerprint density at radius 1 is 1.00 bits per heavy atom. The molecule has 2 aromatic rings. The van der Waals surface area contributed by atoms with Gasteiger partial charge >= 0.3 is 0 Å². The van der Waals surface area contributed by atoms with E-state index in [9.17, 15) is 5.11 Å². The summed E-state index contributed by atoms with van der Waals surface area (Å²) in [7, 11) is 0. The molecule has 0 saturated carbocycles. The topological polar surface area (TPSA) is 20.2 Å². The van der Waals surface area contributed by atoms with E-state index in [-0.39, 0.29) is 11.7 Å². The third-order valence-electron chi connectivity index (χ3n) is 3.30. The standard InChI is InChI=1S/C17H13ClO/c18-15-8-9-16(17(19)11-15)14-7-6-13(10-14)12-4-2-1-3-5-12/h1-11,13,19H. The smallest absolute Gasteiger partial charge is 0.124 e. The molecule has 3 rings (SSSR count). The van der Waals surface area contributed by atoms with Crippen LogP contribution in [0, 0.1) is 0 Å². The number of allylic oxidation sites excluding steroid dienone is 4. The lowest BCUT2D eigenvalue weighted by atomic mass is 9.99. The highest BCUT2D eigenvalue weighted by molar-refractivity contribution is 6.30. The minimum absolute atomic E-state index is 0.220. The van der Waals surface area contributed by atoms with Crippen LogP contribution in [0.25, 0.3) is 5.57 Å². The molecule has 1 N–H and O–H groups in total. The number of hydrogen-bond donors (Lipinski definition) is 1. The van der Waals surface area contributed by atoms with Gasteiger partial charge in [-0.25, -0.2) is 0 Å². The minimum Gasteiger partial charge on any atom is -0.507 e. The van der Waals surface area contributed by atoms with Crippen LogP contribution in [-0.4, -0.2) is 5.11 Å². The molecule has 19 heavy (non-hydrogen) atoms. The molecule has 0 aromatic heterocycles. The van der Waals surface area contributed by atoms with Crippen molar-refractivity contribution in [2.45, 2.75) is 5.92 Å². The third kappa shape index (κ3) is 2.42. The zero-order chi connectivity index (χ0) is 13.2. The molecule has 0 fully saturated rings. The summed E-state index contributed by atoms with van der Waals surface area (Å²) in [6, 6.07) is 15.5. The van der Waals surface area contributed by atoms with Gasteiger partial charge in [0.2, 0.25) is 0 Å². The van der Waals surface area contributed by atoms with Crippen LogP contribution in [-0.2, 0) is 0 Å². The summed E-state index contributed by atoms with van der Waals surface area (Å²) in [6.07, 6.45) is 6.33. The summed E-state index contributed by atoms with van der Waals surface area (Å²) in [4.78, 5) is 0. The van der Waals surface area contributed by atoms with Crippen molar-refractivity contribution in [3.63, 3.8) is 0 Å². The second-order valence-corrected chi connectivity index (χ2v) is 5.02. The van der Waals surface area contributed by atoms with Crippen molar-refractivity contribution in [3.05, 3.63) is 82.9 Å². The fourth-order valence-electron chi connectivity index (χ4n) is 2.32. The van der Waals surface area contributed by atoms with Crippen LogP contribution >= 0.6 is 11.6 Å². The zero-order valence-electron chi connectivity index (χ0n) is 10.3. The maximum absolute atomic E-state index is 9.95. The highest BCUT2D eigenvalue weighted by atomic mass is 35.5. The molecule has 2 aromatic carbocycles. The van der Waals surface area contributed by atoms with Crippen molar-refractivity contribution in [1.29, 1.82) is 0 Å². The molecule has 0 bridgehead atoms. The number of hydrogen-bond acceptors (Lipinski definition) is 1. The van der Waals surface area contributed by atoms with Crippen molar-refractivity contribution in [2.24, 2.45) is 0 Å². The van der Waals surface area contributed by atoms with E-state index >= 15 is 0 Å². The molecule has 0 radical (unpaired) electrons. The molecule has 0 saturated heterocycles. The molecule has 94 valence electrons. The first kappa shape index (κ1) is 12.1. The zero-order valence-corrected chi connectivity index (χ0v) is 11.0. The van der Waals surface area contributed by atoms with Crippen LogP contribution < -0.4 is 0 Å². The number of benzene rings is 2. The molecule has 1 atom stereocenters. The summed E-state index contributed by atoms with van der Waals surface area (Å²) in [5.41, 5.74) is 3.10. The molecular formula is C17H13ClO. The van der Waals surface area contributed by atoms with Gasteiger partial charge in [0, 0.05) is 16.5 Å². The molecule has 1 unspecified atom stereocenters. The van der Waals surface area contributed by atoms with Crippen molar-refractivity contribution in [2.75, 3.05) is 0 Å². The first-order chi connectivity index (χ1) is 9.24. The molecule has 1 aliphatic carbocycles. The predicted octanol–water partition coefficient (Wildman–Crippen LogP) is 4.78. The van der Waals surface area contributed by atoms with Crippen molar-refractivity contribution in [3.8, 4) is 5.75 Å². The molecule has 1 aliphatic rings. The molecule has 1 nitrogen and oxygen atoms in total. The monoisotopic (exact) mass is 268 g/mol. The summed E-state index contributed by atoms with van der Waals surface area (Å²) in [6.45, 7) is 0. The third-order valence-corrected chi connectivity index (χ3v) is 3.53. The molecule has 0 aliphatic heterocycles. The number of aromatic hydroxyl groups is 1. The number of halogens is 1. The fraction of sp³-hybridized carbons (Fsp3) is 0.0588. The van der Waals surface area contributed by atoms with Gasteiger partial charge in [0.25, 0.3) is 0 Å². The van der Waals surface area contributed by atoms with E-state index in [4.69, 9.17) is 11.6 Å². The Morgan fingerprint density at radius 3 is 2.53 bits per heavy atom. The largest absolute Gasteiger partial charge is 0.507 e. The van der Waals surface area contributed by atoms with Crippen LogP contribution in [0.3, 0.4) is 0 Å². The number of phenols is 1. The normalized spacial score (nSPS) is 17.5. The number of phenolic OH excluding ortho intramolecular Hbond substituents is 1. The van der Waals surface area contributed by atoms with E-state index in [1.54, 1.807) is 12.1 Å². The lowest BCUT2D eigenvalue weighted by Gasteiger charge is -2.06. The van der Waals surface area contributed by atoms with Gasteiger partial charge in [0.05, 0.1) is 0 Å². The fourth-order valence-corrected chi connectivity index (χ4v) is 2.49. The van der Waals surface area contributed by atoms with Crippen molar-refractivity contribution >= 4 is 17.2 Å². The first-order valence-corrected chi connectivity index (χ1v) is 6.56. The van der Waals surface area contributed by atoms with E-state index in [0.717, 1.165) is 11.1 Å². The Hall–Kier alpha value is -1.99. The summed E-state index contributed by atoms with van der Waals surface area (Å²) < 4.78 is 0. The Balaban J connectivity index is 1.94. The van der Waals surface area contributed by atoms with Crippen LogP contribution in [0.15, 0.2) is 66.8 Å². The lowest BCUT2D eigenvalue weighted by molar-refractivity contribution is 0.474. The van der Waals surface area contributed by atoms with Crippen molar-refractivity contribution in [1.82, 2.24) is 0 Å². The predicted molar refractivity (Wildman–Crippen MR) is 79.4 cm³/mol. The quantitative estimate of drug-likeness (QED) is 0.831. The van der Waals surface area contributed by atoms with Gasteiger partial charge in [-0.2, -0.15) is 0 Å². The van der Waals surface area contributed by atoms with Gasteiger partial charge in [-0.1, -0.05) is 60.2 Å². The molecule has 0 heterocycles. The first-order valence-electron chi connectivity index (χ1n) is 6.18. The Labute approximate surface area is 117 Å². The SMILES string of the molecule is Oc1cc(Cl)ccc1C1=CC(c2ccccc2)C=C1. The summed E-state index contributed by atoms with van der Waals surface area (Å²) in [5, 5.41) is 10.5. The highest BCUT2D eigenvalue weighted by Crippen LogP contribution is 2.35. The van der Waals surface area contributed by atoms with Gasteiger partial charge in [0.15, 0.2) is 0 Å². The van der Waals surface area contributed by atoms with E-state index < -0.39 is 0 Å².